The standard InChI is InChI=1S/C28H31N7O2/c1-28(2,29)17-25(36)31-24(16-19-8-4-3-5-9-19)27(37)30-18-20-12-14-21(15-13-20)22-10-6-7-11-23(22)26-32-34-35-33-26/h3-15,24H,16-18,29H2,1-2H3,(H,30,37)(H,31,36)(H,32,33,34,35)/t24-/m1/s1. The molecular formula is C28H31N7O2. The average molecular weight is 498 g/mol. The number of nitrogens with one attached hydrogen (secondary N) is 3. The van der Waals surface area contributed by atoms with Crippen LogP contribution in [0.25, 0.3) is 22.5 Å². The van der Waals surface area contributed by atoms with Gasteiger partial charge >= 0.3 is 0 Å². The van der Waals surface area contributed by atoms with Gasteiger partial charge in [0.05, 0.1) is 0 Å². The first-order valence-corrected chi connectivity index (χ1v) is 12.1. The molecule has 9 heteroatoms. The summed E-state index contributed by atoms with van der Waals surface area (Å²) in [6.45, 7) is 3.89. The molecule has 4 aromatic rings. The van der Waals surface area contributed by atoms with Crippen molar-refractivity contribution in [1.29, 1.82) is 0 Å². The van der Waals surface area contributed by atoms with Crippen LogP contribution in [0, 0.1) is 0 Å². The summed E-state index contributed by atoms with van der Waals surface area (Å²) in [5.41, 5.74) is 10.1. The molecule has 0 bridgehead atoms. The van der Waals surface area contributed by atoms with E-state index in [0.29, 0.717) is 18.8 Å². The Morgan fingerprint density at radius 1 is 0.919 bits per heavy atom. The molecule has 0 unspecified atom stereocenters. The van der Waals surface area contributed by atoms with Gasteiger partial charge in [-0.05, 0) is 41.3 Å². The van der Waals surface area contributed by atoms with E-state index in [1.54, 1.807) is 13.8 Å². The maximum Gasteiger partial charge on any atom is 0.243 e. The summed E-state index contributed by atoms with van der Waals surface area (Å²) in [6.07, 6.45) is 0.508. The van der Waals surface area contributed by atoms with E-state index in [1.165, 1.54) is 0 Å². The zero-order chi connectivity index (χ0) is 26.3. The predicted molar refractivity (Wildman–Crippen MR) is 142 cm³/mol. The number of H-pyrrole nitrogens is 1. The van der Waals surface area contributed by atoms with Gasteiger partial charge in [0.1, 0.15) is 6.04 Å². The Morgan fingerprint density at radius 2 is 1.59 bits per heavy atom. The molecular weight excluding hydrogens is 466 g/mol. The quantitative estimate of drug-likeness (QED) is 0.266. The number of aromatic nitrogens is 4. The van der Waals surface area contributed by atoms with Crippen molar-refractivity contribution < 1.29 is 9.59 Å². The van der Waals surface area contributed by atoms with E-state index in [1.807, 2.05) is 78.9 Å². The highest BCUT2D eigenvalue weighted by molar-refractivity contribution is 5.88. The van der Waals surface area contributed by atoms with Crippen molar-refractivity contribution in [3.8, 4) is 22.5 Å². The number of tetrazole rings is 1. The Labute approximate surface area is 215 Å². The predicted octanol–water partition coefficient (Wildman–Crippen LogP) is 3.00. The van der Waals surface area contributed by atoms with Crippen LogP contribution in [-0.2, 0) is 22.6 Å². The summed E-state index contributed by atoms with van der Waals surface area (Å²) in [5.74, 6) is 0.0169. The topological polar surface area (TPSA) is 139 Å². The summed E-state index contributed by atoms with van der Waals surface area (Å²) in [7, 11) is 0. The van der Waals surface area contributed by atoms with Crippen molar-refractivity contribution >= 4 is 11.8 Å². The number of aromatic amines is 1. The lowest BCUT2D eigenvalue weighted by atomic mass is 9.98. The molecule has 0 spiro atoms. The number of benzene rings is 3. The van der Waals surface area contributed by atoms with E-state index < -0.39 is 11.6 Å². The third-order valence-electron chi connectivity index (χ3n) is 5.80. The summed E-state index contributed by atoms with van der Waals surface area (Å²) in [6, 6.07) is 24.6. The molecule has 0 saturated heterocycles. The first-order valence-electron chi connectivity index (χ1n) is 12.1. The average Bonchev–Trinajstić information content (AvgIpc) is 3.42. The SMILES string of the molecule is CC(C)(N)CC(=O)N[C@H](Cc1ccccc1)C(=O)NCc1ccc(-c2ccccc2-c2nn[nH]n2)cc1. The molecule has 2 amide bonds. The Bertz CT molecular complexity index is 1310. The Kier molecular flexibility index (Phi) is 8.05. The van der Waals surface area contributed by atoms with Crippen LogP contribution in [0.4, 0.5) is 0 Å². The smallest absolute Gasteiger partial charge is 0.243 e. The van der Waals surface area contributed by atoms with Gasteiger partial charge in [0.15, 0.2) is 0 Å². The molecule has 5 N–H and O–H groups in total. The summed E-state index contributed by atoms with van der Waals surface area (Å²) >= 11 is 0. The molecule has 4 rings (SSSR count). The zero-order valence-corrected chi connectivity index (χ0v) is 20.9. The second-order valence-corrected chi connectivity index (χ2v) is 9.67. The number of nitrogens with zero attached hydrogens (tertiary/aromatic N) is 3. The van der Waals surface area contributed by atoms with Crippen LogP contribution < -0.4 is 16.4 Å². The van der Waals surface area contributed by atoms with Crippen molar-refractivity contribution in [2.75, 3.05) is 0 Å². The van der Waals surface area contributed by atoms with E-state index in [9.17, 15) is 9.59 Å². The van der Waals surface area contributed by atoms with Crippen LogP contribution in [-0.4, -0.2) is 44.0 Å². The number of carbonyl (C=O) groups excluding carboxylic acids is 2. The molecule has 0 saturated carbocycles. The van der Waals surface area contributed by atoms with E-state index in [2.05, 4.69) is 31.3 Å². The lowest BCUT2D eigenvalue weighted by Gasteiger charge is -2.22. The Morgan fingerprint density at radius 3 is 2.24 bits per heavy atom. The van der Waals surface area contributed by atoms with Gasteiger partial charge in [0.2, 0.25) is 17.6 Å². The number of hydrogen-bond acceptors (Lipinski definition) is 6. The van der Waals surface area contributed by atoms with Gasteiger partial charge in [0.25, 0.3) is 0 Å². The number of carbonyl (C=O) groups is 2. The van der Waals surface area contributed by atoms with Gasteiger partial charge in [-0.15, -0.1) is 10.2 Å². The molecule has 0 aliphatic carbocycles. The van der Waals surface area contributed by atoms with Crippen LogP contribution in [0.1, 0.15) is 31.4 Å². The molecule has 1 aromatic heterocycles. The first-order chi connectivity index (χ1) is 17.8. The molecule has 0 aliphatic heterocycles. The molecule has 0 aliphatic rings. The minimum atomic E-state index is -0.710. The van der Waals surface area contributed by atoms with Gasteiger partial charge < -0.3 is 16.4 Å². The van der Waals surface area contributed by atoms with Gasteiger partial charge in [-0.3, -0.25) is 9.59 Å². The Hall–Kier alpha value is -4.37. The second-order valence-electron chi connectivity index (χ2n) is 9.67. The number of nitrogens with two attached hydrogens (primary N) is 1. The molecule has 1 atom stereocenters. The highest BCUT2D eigenvalue weighted by Gasteiger charge is 2.24. The van der Waals surface area contributed by atoms with Gasteiger partial charge in [-0.1, -0.05) is 78.9 Å². The van der Waals surface area contributed by atoms with E-state index in [4.69, 9.17) is 5.73 Å². The van der Waals surface area contributed by atoms with Gasteiger partial charge in [-0.25, -0.2) is 0 Å². The number of hydrogen-bond donors (Lipinski definition) is 4. The molecule has 1 heterocycles. The third kappa shape index (κ3) is 7.31. The van der Waals surface area contributed by atoms with Crippen molar-refractivity contribution in [2.24, 2.45) is 5.73 Å². The van der Waals surface area contributed by atoms with Crippen molar-refractivity contribution in [1.82, 2.24) is 31.3 Å². The lowest BCUT2D eigenvalue weighted by Crippen LogP contribution is -2.50. The van der Waals surface area contributed by atoms with Crippen LogP contribution in [0.3, 0.4) is 0 Å². The summed E-state index contributed by atoms with van der Waals surface area (Å²) in [5, 5.41) is 20.2. The molecule has 0 fully saturated rings. The molecule has 0 radical (unpaired) electrons. The van der Waals surface area contributed by atoms with E-state index >= 15 is 0 Å². The summed E-state index contributed by atoms with van der Waals surface area (Å²) in [4.78, 5) is 25.6. The van der Waals surface area contributed by atoms with Crippen molar-refractivity contribution in [2.45, 2.75) is 44.8 Å². The van der Waals surface area contributed by atoms with E-state index in [0.717, 1.165) is 27.8 Å². The van der Waals surface area contributed by atoms with Crippen molar-refractivity contribution in [3.05, 3.63) is 90.0 Å². The third-order valence-corrected chi connectivity index (χ3v) is 5.80. The largest absolute Gasteiger partial charge is 0.350 e. The second kappa shape index (κ2) is 11.6. The van der Waals surface area contributed by atoms with Crippen LogP contribution in [0.2, 0.25) is 0 Å². The minimum absolute atomic E-state index is 0.123. The first kappa shape index (κ1) is 25.7. The number of rotatable bonds is 10. The summed E-state index contributed by atoms with van der Waals surface area (Å²) < 4.78 is 0. The maximum absolute atomic E-state index is 13.1. The number of amides is 2. The fourth-order valence-electron chi connectivity index (χ4n) is 4.04. The van der Waals surface area contributed by atoms with Gasteiger partial charge in [0, 0.05) is 30.5 Å². The molecule has 9 nitrogen and oxygen atoms in total. The van der Waals surface area contributed by atoms with Crippen molar-refractivity contribution in [3.63, 3.8) is 0 Å². The van der Waals surface area contributed by atoms with Crippen LogP contribution in [0.15, 0.2) is 78.9 Å². The monoisotopic (exact) mass is 497 g/mol. The fourth-order valence-corrected chi connectivity index (χ4v) is 4.04. The maximum atomic E-state index is 13.1. The molecule has 3 aromatic carbocycles. The van der Waals surface area contributed by atoms with Gasteiger partial charge in [-0.2, -0.15) is 5.21 Å². The fraction of sp³-hybridized carbons (Fsp3) is 0.250. The normalized spacial score (nSPS) is 12.1. The molecule has 190 valence electrons. The Balaban J connectivity index is 1.43. The van der Waals surface area contributed by atoms with E-state index in [-0.39, 0.29) is 18.2 Å². The van der Waals surface area contributed by atoms with Crippen LogP contribution >= 0.6 is 0 Å². The lowest BCUT2D eigenvalue weighted by molar-refractivity contribution is -0.129. The minimum Gasteiger partial charge on any atom is -0.350 e. The zero-order valence-electron chi connectivity index (χ0n) is 20.9. The highest BCUT2D eigenvalue weighted by Crippen LogP contribution is 2.29. The molecule has 37 heavy (non-hydrogen) atoms. The van der Waals surface area contributed by atoms with Crippen LogP contribution in [0.5, 0.6) is 0 Å². The highest BCUT2D eigenvalue weighted by atomic mass is 16.2.